The number of benzene rings is 2. The lowest BCUT2D eigenvalue weighted by Gasteiger charge is -2.34. The highest BCUT2D eigenvalue weighted by atomic mass is 16.6. The Morgan fingerprint density at radius 3 is 1.18 bits per heavy atom. The van der Waals surface area contributed by atoms with Gasteiger partial charge in [0.05, 0.1) is 26.1 Å². The largest absolute Gasteiger partial charge is 0.481 e. The van der Waals surface area contributed by atoms with E-state index in [1.807, 2.05) is 0 Å². The lowest BCUT2D eigenvalue weighted by Crippen LogP contribution is -2.56. The number of rotatable bonds is 50. The molecule has 0 saturated heterocycles. The van der Waals surface area contributed by atoms with Crippen LogP contribution in [0, 0.1) is 35.5 Å². The van der Waals surface area contributed by atoms with Gasteiger partial charge in [0.25, 0.3) is 0 Å². The number of ketones is 2. The van der Waals surface area contributed by atoms with E-state index in [1.165, 1.54) is 64.9 Å². The molecule has 20 heteroatoms. The molecule has 2 aromatic rings. The average Bonchev–Trinajstić information content (AvgIpc) is 0.818. The van der Waals surface area contributed by atoms with Gasteiger partial charge in [-0.25, -0.2) is 19.2 Å². The van der Waals surface area contributed by atoms with E-state index in [2.05, 4.69) is 48.2 Å². The van der Waals surface area contributed by atoms with Crippen molar-refractivity contribution in [3.8, 4) is 35.2 Å². The Hall–Kier alpha value is -7.36. The fourth-order valence-corrected chi connectivity index (χ4v) is 10.3. The summed E-state index contributed by atoms with van der Waals surface area (Å²) in [7, 11) is 2.38. The number of carbonyl (C=O) groups is 8. The van der Waals surface area contributed by atoms with Crippen LogP contribution in [-0.2, 0) is 65.4 Å². The van der Waals surface area contributed by atoms with Crippen LogP contribution in [0.3, 0.4) is 0 Å². The summed E-state index contributed by atoms with van der Waals surface area (Å²) >= 11 is 0. The van der Waals surface area contributed by atoms with Gasteiger partial charge < -0.3 is 59.9 Å². The molecule has 96 heavy (non-hydrogen) atoms. The number of nitrogens with one attached hydrogen (secondary N) is 2. The van der Waals surface area contributed by atoms with Crippen LogP contribution in [0.25, 0.3) is 0 Å². The van der Waals surface area contributed by atoms with Gasteiger partial charge in [-0.2, -0.15) is 0 Å². The van der Waals surface area contributed by atoms with Gasteiger partial charge in [-0.1, -0.05) is 151 Å². The Bertz CT molecular complexity index is 2790. The molecule has 0 radical (unpaired) electrons. The molecule has 2 amide bonds. The van der Waals surface area contributed by atoms with E-state index >= 15 is 0 Å². The maximum atomic E-state index is 13.9. The zero-order valence-electron chi connectivity index (χ0n) is 58.9. The Morgan fingerprint density at radius 1 is 0.510 bits per heavy atom. The molecule has 0 aromatic heterocycles. The van der Waals surface area contributed by atoms with Crippen molar-refractivity contribution in [1.29, 1.82) is 0 Å². The lowest BCUT2D eigenvalue weighted by atomic mass is 9.82. The van der Waals surface area contributed by atoms with Crippen molar-refractivity contribution in [2.75, 3.05) is 40.6 Å². The molecule has 0 saturated carbocycles. The number of hydrogen-bond acceptors (Lipinski definition) is 17. The van der Waals surface area contributed by atoms with Gasteiger partial charge in [0.1, 0.15) is 54.0 Å². The number of aliphatic carboxylic acids is 1. The quantitative estimate of drug-likeness (QED) is 0.0106. The molecule has 2 aromatic carbocycles. The lowest BCUT2D eigenvalue weighted by molar-refractivity contribution is -0.185. The number of Topliss-reactive ketones (excluding diaryl/α,β-unsaturated/α-hetero) is 2. The molecular formula is C76H114N2O18. The molecule has 2 rings (SSSR count). The van der Waals surface area contributed by atoms with Gasteiger partial charge >= 0.3 is 23.9 Å². The summed E-state index contributed by atoms with van der Waals surface area (Å²) in [6.45, 7) is 11.9. The number of carboxylic acids is 1. The minimum absolute atomic E-state index is 0.0384. The molecule has 6 atom stereocenters. The summed E-state index contributed by atoms with van der Waals surface area (Å²) in [5, 5.41) is 57.1. The van der Waals surface area contributed by atoms with Crippen molar-refractivity contribution in [3.63, 3.8) is 0 Å². The van der Waals surface area contributed by atoms with Gasteiger partial charge in [-0.05, 0) is 121 Å². The Balaban J connectivity index is 0.000000963. The second-order valence-electron chi connectivity index (χ2n) is 25.0. The zero-order chi connectivity index (χ0) is 71.6. The van der Waals surface area contributed by atoms with E-state index < -0.39 is 102 Å². The summed E-state index contributed by atoms with van der Waals surface area (Å²) < 4.78 is 26.4. The van der Waals surface area contributed by atoms with E-state index in [4.69, 9.17) is 23.7 Å². The number of unbranched alkanes of at least 4 members (excludes halogenated alkanes) is 16. The predicted molar refractivity (Wildman–Crippen MR) is 370 cm³/mol. The Morgan fingerprint density at radius 2 is 0.854 bits per heavy atom. The molecule has 0 spiro atoms. The average molecular weight is 1340 g/mol. The Labute approximate surface area is 571 Å². The van der Waals surface area contributed by atoms with Crippen molar-refractivity contribution < 1.29 is 87.6 Å². The molecule has 0 fully saturated rings. The summed E-state index contributed by atoms with van der Waals surface area (Å²) in [6.07, 6.45) is 26.6. The highest BCUT2D eigenvalue weighted by Gasteiger charge is 2.50. The second kappa shape index (κ2) is 50.9. The minimum atomic E-state index is -2.60. The SMILES string of the molecule is CC#CCOc1ccc(C[C@H](NC(=O)[C@@H](/C=C/CCCCCCC(=O)CCCCCCC)[C@@](O)(CCO)C(=O)O)C(=O)OC)cc1.CC#CCOc1ccc(C[C@H](NC(=O)[C@@H](/C=C/CCCCCCC(=O)CCCCCCC)[C@@](O)(CCO)C(=O)OC(C)(C)C)C(=O)OC)cc1. The monoisotopic (exact) mass is 1340 g/mol. The second-order valence-corrected chi connectivity index (χ2v) is 25.0. The van der Waals surface area contributed by atoms with Crippen LogP contribution in [0.1, 0.15) is 227 Å². The summed E-state index contributed by atoms with van der Waals surface area (Å²) in [6, 6.07) is 11.5. The number of hydrogen-bond donors (Lipinski definition) is 7. The number of aliphatic hydroxyl groups excluding tert-OH is 2. The van der Waals surface area contributed by atoms with Gasteiger partial charge in [0, 0.05) is 64.6 Å². The van der Waals surface area contributed by atoms with Gasteiger partial charge in [-0.15, -0.1) is 11.8 Å². The molecule has 0 bridgehead atoms. The van der Waals surface area contributed by atoms with Gasteiger partial charge in [0.2, 0.25) is 11.8 Å². The van der Waals surface area contributed by atoms with Crippen molar-refractivity contribution in [1.82, 2.24) is 10.6 Å². The number of carbonyl (C=O) groups excluding carboxylic acids is 7. The minimum Gasteiger partial charge on any atom is -0.481 e. The maximum absolute atomic E-state index is 13.9. The van der Waals surface area contributed by atoms with E-state index in [9.17, 15) is 63.9 Å². The number of allylic oxidation sites excluding steroid dienone is 2. The van der Waals surface area contributed by atoms with Crippen LogP contribution in [-0.4, -0.2) is 142 Å². The molecule has 536 valence electrons. The number of amides is 2. The number of ether oxygens (including phenoxy) is 5. The topological polar surface area (TPSA) is 308 Å². The van der Waals surface area contributed by atoms with Crippen molar-refractivity contribution in [2.24, 2.45) is 11.8 Å². The number of aliphatic hydroxyl groups is 4. The highest BCUT2D eigenvalue weighted by molar-refractivity contribution is 5.94. The molecule has 20 nitrogen and oxygen atoms in total. The van der Waals surface area contributed by atoms with E-state index in [0.717, 1.165) is 77.0 Å². The number of esters is 3. The van der Waals surface area contributed by atoms with E-state index in [0.29, 0.717) is 72.7 Å². The number of carboxylic acid groups (broad SMARTS) is 1. The molecule has 0 aliphatic heterocycles. The predicted octanol–water partition coefficient (Wildman–Crippen LogP) is 11.1. The van der Waals surface area contributed by atoms with Crippen molar-refractivity contribution in [2.45, 2.75) is 257 Å². The first-order valence-electron chi connectivity index (χ1n) is 34.4. The Kier molecular flexibility index (Phi) is 46.0. The molecular weight excluding hydrogens is 1230 g/mol. The first kappa shape index (κ1) is 86.7. The van der Waals surface area contributed by atoms with Crippen molar-refractivity contribution >= 4 is 47.3 Å². The first-order chi connectivity index (χ1) is 45.9. The molecule has 0 heterocycles. The standard InChI is InChI=1S/C40H61NO9.C36H53NO9/c1-7-9-11-14-17-20-32(43)21-18-15-12-13-16-19-22-34(40(47,27-28-42)38(46)50-39(3,4)5)36(44)41-35(37(45)48-6)30-31-23-25-33(26-24-31)49-29-10-8-2;1-4-6-8-11-14-17-29(39)18-15-12-9-10-13-16-19-31(36(44,24-25-38)35(42)43)33(40)37-32(34(41)45-3)27-28-20-22-30(23-21-28)46-26-7-5-2/h19,22-26,34-35,42,47H,7,9,11-18,20-21,27-30H2,1-6H3,(H,41,44);16,19-23,31-32,38,44H,4,6,8-15,17-18,24-27H2,1-3H3,(H,37,40)(H,42,43)/b22-19+;19-16+/t34-,35+,40+;31-,32+,36+/m11/s1. The fraction of sp³-hybridized carbons (Fsp3) is 0.632. The summed E-state index contributed by atoms with van der Waals surface area (Å²) in [5.74, 6) is 3.94. The molecule has 0 aliphatic rings. The summed E-state index contributed by atoms with van der Waals surface area (Å²) in [5.41, 5.74) is -4.62. The maximum Gasteiger partial charge on any atom is 0.339 e. The van der Waals surface area contributed by atoms with Crippen LogP contribution in [0.15, 0.2) is 72.8 Å². The molecule has 0 aliphatic carbocycles. The molecule has 0 unspecified atom stereocenters. The van der Waals surface area contributed by atoms with E-state index in [-0.39, 0.29) is 26.1 Å². The van der Waals surface area contributed by atoms with Gasteiger partial charge in [0.15, 0.2) is 11.2 Å². The smallest absolute Gasteiger partial charge is 0.339 e. The van der Waals surface area contributed by atoms with Crippen LogP contribution in [0.2, 0.25) is 0 Å². The first-order valence-corrected chi connectivity index (χ1v) is 34.4. The van der Waals surface area contributed by atoms with Crippen molar-refractivity contribution in [3.05, 3.63) is 84.0 Å². The fourth-order valence-electron chi connectivity index (χ4n) is 10.3. The molecule has 7 N–H and O–H groups in total. The van der Waals surface area contributed by atoms with Crippen LogP contribution in [0.5, 0.6) is 11.5 Å². The van der Waals surface area contributed by atoms with Gasteiger partial charge in [-0.3, -0.25) is 19.2 Å². The van der Waals surface area contributed by atoms with Crippen LogP contribution < -0.4 is 20.1 Å². The summed E-state index contributed by atoms with van der Waals surface area (Å²) in [4.78, 5) is 102. The van der Waals surface area contributed by atoms with Crippen LogP contribution in [0.4, 0.5) is 0 Å². The third-order valence-corrected chi connectivity index (χ3v) is 15.9. The number of methoxy groups -OCH3 is 2. The normalized spacial score (nSPS) is 13.7. The third-order valence-electron chi connectivity index (χ3n) is 15.9. The van der Waals surface area contributed by atoms with Crippen LogP contribution >= 0.6 is 0 Å². The third kappa shape index (κ3) is 36.7. The highest BCUT2D eigenvalue weighted by Crippen LogP contribution is 2.30. The zero-order valence-corrected chi connectivity index (χ0v) is 58.9. The van der Waals surface area contributed by atoms with E-state index in [1.54, 1.807) is 95.3 Å².